The van der Waals surface area contributed by atoms with E-state index in [4.69, 9.17) is 10.5 Å². The summed E-state index contributed by atoms with van der Waals surface area (Å²) in [7, 11) is 0. The van der Waals surface area contributed by atoms with Crippen molar-refractivity contribution in [1.29, 1.82) is 0 Å². The molecule has 3 N–H and O–H groups in total. The van der Waals surface area contributed by atoms with Gasteiger partial charge in [0.2, 0.25) is 5.91 Å². The van der Waals surface area contributed by atoms with Crippen LogP contribution in [0.3, 0.4) is 0 Å². The second-order valence-electron chi connectivity index (χ2n) is 5.12. The molecular weight excluding hydrogens is 259 g/mol. The van der Waals surface area contributed by atoms with Crippen LogP contribution in [0, 0.1) is 5.82 Å². The zero-order valence-electron chi connectivity index (χ0n) is 11.5. The van der Waals surface area contributed by atoms with Gasteiger partial charge >= 0.3 is 0 Å². The molecule has 0 bridgehead atoms. The molecule has 2 rings (SSSR count). The number of hydrogen-bond acceptors (Lipinski definition) is 3. The third kappa shape index (κ3) is 4.28. The summed E-state index contributed by atoms with van der Waals surface area (Å²) in [6, 6.07) is 4.33. The summed E-state index contributed by atoms with van der Waals surface area (Å²) in [6.07, 6.45) is 4.78. The van der Waals surface area contributed by atoms with Gasteiger partial charge in [-0.05, 0) is 44.4 Å². The lowest BCUT2D eigenvalue weighted by Crippen LogP contribution is -2.25. The van der Waals surface area contributed by atoms with Gasteiger partial charge in [-0.3, -0.25) is 4.79 Å². The normalized spacial score (nSPS) is 18.9. The van der Waals surface area contributed by atoms with Crippen LogP contribution in [-0.4, -0.2) is 25.2 Å². The molecule has 1 aliphatic heterocycles. The van der Waals surface area contributed by atoms with Crippen LogP contribution in [0.15, 0.2) is 18.2 Å². The first-order valence-electron chi connectivity index (χ1n) is 7.07. The second kappa shape index (κ2) is 7.36. The number of amides is 1. The summed E-state index contributed by atoms with van der Waals surface area (Å²) < 4.78 is 19.4. The average Bonchev–Trinajstić information content (AvgIpc) is 2.46. The van der Waals surface area contributed by atoms with Crippen molar-refractivity contribution in [3.63, 3.8) is 0 Å². The zero-order chi connectivity index (χ0) is 14.4. The quantitative estimate of drug-likeness (QED) is 0.783. The molecule has 1 amide bonds. The molecule has 1 aromatic rings. The standard InChI is InChI=1S/C15H21FN2O2/c16-14-9-11(15(17)19)4-5-12(14)10-18-7-6-13-3-1-2-8-20-13/h4-5,9,13,18H,1-3,6-8,10H2,(H2,17,19). The molecule has 0 aliphatic carbocycles. The molecule has 1 aliphatic rings. The number of rotatable bonds is 6. The minimum absolute atomic E-state index is 0.196. The van der Waals surface area contributed by atoms with Crippen molar-refractivity contribution >= 4 is 5.91 Å². The summed E-state index contributed by atoms with van der Waals surface area (Å²) >= 11 is 0. The largest absolute Gasteiger partial charge is 0.378 e. The first-order chi connectivity index (χ1) is 9.66. The Kier molecular flexibility index (Phi) is 5.49. The van der Waals surface area contributed by atoms with Crippen LogP contribution in [-0.2, 0) is 11.3 Å². The fraction of sp³-hybridized carbons (Fsp3) is 0.533. The zero-order valence-corrected chi connectivity index (χ0v) is 11.5. The number of nitrogens with two attached hydrogens (primary N) is 1. The van der Waals surface area contributed by atoms with E-state index in [1.807, 2.05) is 0 Å². The van der Waals surface area contributed by atoms with Crippen LogP contribution >= 0.6 is 0 Å². The van der Waals surface area contributed by atoms with Crippen molar-refractivity contribution < 1.29 is 13.9 Å². The number of benzene rings is 1. The van der Waals surface area contributed by atoms with E-state index in [-0.39, 0.29) is 5.56 Å². The predicted octanol–water partition coefficient (Wildman–Crippen LogP) is 1.97. The number of nitrogens with one attached hydrogen (secondary N) is 1. The maximum atomic E-state index is 13.7. The molecule has 0 spiro atoms. The van der Waals surface area contributed by atoms with Gasteiger partial charge in [-0.1, -0.05) is 6.07 Å². The number of ether oxygens (including phenoxy) is 1. The molecule has 1 atom stereocenters. The topological polar surface area (TPSA) is 64.4 Å². The van der Waals surface area contributed by atoms with Gasteiger partial charge in [0, 0.05) is 24.3 Å². The minimum Gasteiger partial charge on any atom is -0.378 e. The van der Waals surface area contributed by atoms with Crippen molar-refractivity contribution in [3.05, 3.63) is 35.1 Å². The van der Waals surface area contributed by atoms with E-state index < -0.39 is 11.7 Å². The van der Waals surface area contributed by atoms with Gasteiger partial charge in [0.05, 0.1) is 6.10 Å². The summed E-state index contributed by atoms with van der Waals surface area (Å²) in [4.78, 5) is 10.9. The molecule has 0 aromatic heterocycles. The molecule has 0 saturated carbocycles. The highest BCUT2D eigenvalue weighted by atomic mass is 19.1. The molecule has 1 aromatic carbocycles. The lowest BCUT2D eigenvalue weighted by Gasteiger charge is -2.22. The van der Waals surface area contributed by atoms with Gasteiger partial charge < -0.3 is 15.8 Å². The summed E-state index contributed by atoms with van der Waals surface area (Å²) in [5.41, 5.74) is 5.84. The van der Waals surface area contributed by atoms with E-state index in [2.05, 4.69) is 5.32 Å². The fourth-order valence-corrected chi connectivity index (χ4v) is 2.37. The van der Waals surface area contributed by atoms with E-state index in [1.54, 1.807) is 12.1 Å². The molecule has 1 unspecified atom stereocenters. The molecule has 4 nitrogen and oxygen atoms in total. The number of hydrogen-bond donors (Lipinski definition) is 2. The van der Waals surface area contributed by atoms with Crippen LogP contribution in [0.25, 0.3) is 0 Å². The summed E-state index contributed by atoms with van der Waals surface area (Å²) in [5.74, 6) is -1.01. The Balaban J connectivity index is 1.74. The van der Waals surface area contributed by atoms with E-state index >= 15 is 0 Å². The van der Waals surface area contributed by atoms with Gasteiger partial charge in [0.25, 0.3) is 0 Å². The summed E-state index contributed by atoms with van der Waals surface area (Å²) in [5, 5.41) is 3.20. The highest BCUT2D eigenvalue weighted by Crippen LogP contribution is 2.15. The fourth-order valence-electron chi connectivity index (χ4n) is 2.37. The van der Waals surface area contributed by atoms with Crippen LogP contribution in [0.1, 0.15) is 41.6 Å². The van der Waals surface area contributed by atoms with E-state index in [1.165, 1.54) is 12.5 Å². The first kappa shape index (κ1) is 14.9. The van der Waals surface area contributed by atoms with Gasteiger partial charge in [-0.2, -0.15) is 0 Å². The van der Waals surface area contributed by atoms with Crippen LogP contribution in [0.4, 0.5) is 4.39 Å². The van der Waals surface area contributed by atoms with E-state index in [0.29, 0.717) is 18.2 Å². The van der Waals surface area contributed by atoms with Crippen LogP contribution in [0.2, 0.25) is 0 Å². The van der Waals surface area contributed by atoms with Gasteiger partial charge in [-0.15, -0.1) is 0 Å². The number of primary amides is 1. The summed E-state index contributed by atoms with van der Waals surface area (Å²) in [6.45, 7) is 2.09. The van der Waals surface area contributed by atoms with Gasteiger partial charge in [-0.25, -0.2) is 4.39 Å². The Hall–Kier alpha value is -1.46. The average molecular weight is 280 g/mol. The van der Waals surface area contributed by atoms with Crippen molar-refractivity contribution in [2.45, 2.75) is 38.3 Å². The number of halogens is 1. The maximum absolute atomic E-state index is 13.7. The van der Waals surface area contributed by atoms with E-state index in [0.717, 1.165) is 32.4 Å². The Morgan fingerprint density at radius 2 is 2.30 bits per heavy atom. The smallest absolute Gasteiger partial charge is 0.248 e. The van der Waals surface area contributed by atoms with Gasteiger partial charge in [0.15, 0.2) is 0 Å². The molecule has 1 fully saturated rings. The Morgan fingerprint density at radius 1 is 1.45 bits per heavy atom. The molecule has 5 heteroatoms. The number of carbonyl (C=O) groups is 1. The molecule has 0 radical (unpaired) electrons. The lowest BCUT2D eigenvalue weighted by molar-refractivity contribution is 0.0115. The van der Waals surface area contributed by atoms with Crippen LogP contribution < -0.4 is 11.1 Å². The van der Waals surface area contributed by atoms with E-state index in [9.17, 15) is 9.18 Å². The van der Waals surface area contributed by atoms with Gasteiger partial charge in [0.1, 0.15) is 5.82 Å². The Bertz CT molecular complexity index is 459. The Morgan fingerprint density at radius 3 is 2.95 bits per heavy atom. The van der Waals surface area contributed by atoms with Crippen molar-refractivity contribution in [3.8, 4) is 0 Å². The first-order valence-corrected chi connectivity index (χ1v) is 7.07. The predicted molar refractivity (Wildman–Crippen MR) is 74.8 cm³/mol. The SMILES string of the molecule is NC(=O)c1ccc(CNCCC2CCCCO2)c(F)c1. The third-order valence-electron chi connectivity index (χ3n) is 3.57. The second-order valence-corrected chi connectivity index (χ2v) is 5.12. The third-order valence-corrected chi connectivity index (χ3v) is 3.57. The van der Waals surface area contributed by atoms with Crippen molar-refractivity contribution in [2.75, 3.05) is 13.2 Å². The van der Waals surface area contributed by atoms with Crippen LogP contribution in [0.5, 0.6) is 0 Å². The van der Waals surface area contributed by atoms with Crippen molar-refractivity contribution in [2.24, 2.45) is 5.73 Å². The maximum Gasteiger partial charge on any atom is 0.248 e. The highest BCUT2D eigenvalue weighted by Gasteiger charge is 2.13. The minimum atomic E-state index is -0.613. The molecule has 20 heavy (non-hydrogen) atoms. The molecule has 110 valence electrons. The van der Waals surface area contributed by atoms with Crippen molar-refractivity contribution in [1.82, 2.24) is 5.32 Å². The molecule has 1 saturated heterocycles. The highest BCUT2D eigenvalue weighted by molar-refractivity contribution is 5.92. The lowest BCUT2D eigenvalue weighted by atomic mass is 10.1. The monoisotopic (exact) mass is 280 g/mol. The molecular formula is C15H21FN2O2. The number of carbonyl (C=O) groups excluding carboxylic acids is 1. The molecule has 1 heterocycles. The Labute approximate surface area is 118 Å².